The minimum absolute atomic E-state index is 0.0233. The van der Waals surface area contributed by atoms with Crippen LogP contribution in [-0.4, -0.2) is 36.3 Å². The van der Waals surface area contributed by atoms with Crippen LogP contribution in [0.5, 0.6) is 5.75 Å². The molecule has 6 heteroatoms. The minimum Gasteiger partial charge on any atom is -0.491 e. The van der Waals surface area contributed by atoms with E-state index in [-0.39, 0.29) is 23.8 Å². The number of carboxylic acid groups (broad SMARTS) is 1. The van der Waals surface area contributed by atoms with Crippen LogP contribution >= 0.6 is 0 Å². The molecule has 0 unspecified atom stereocenters. The van der Waals surface area contributed by atoms with E-state index in [1.165, 1.54) is 0 Å². The van der Waals surface area contributed by atoms with Gasteiger partial charge in [-0.15, -0.1) is 0 Å². The van der Waals surface area contributed by atoms with Crippen molar-refractivity contribution < 1.29 is 24.2 Å². The molecule has 1 heterocycles. The molecule has 138 valence electrons. The summed E-state index contributed by atoms with van der Waals surface area (Å²) in [6.45, 7) is 1.33. The molecule has 1 saturated heterocycles. The molecule has 1 aliphatic heterocycles. The maximum Gasteiger partial charge on any atom is 0.307 e. The quantitative estimate of drug-likeness (QED) is 0.765. The number of carboxylic acids is 1. The second kappa shape index (κ2) is 7.11. The Morgan fingerprint density at radius 2 is 1.88 bits per heavy atom. The first-order chi connectivity index (χ1) is 12.6. The van der Waals surface area contributed by atoms with E-state index in [9.17, 15) is 14.7 Å². The molecule has 1 aromatic carbocycles. The molecule has 1 saturated carbocycles. The lowest BCUT2D eigenvalue weighted by Crippen LogP contribution is -2.36. The number of hydrogen-bond donors (Lipinski definition) is 2. The predicted octanol–water partition coefficient (Wildman–Crippen LogP) is 2.71. The van der Waals surface area contributed by atoms with Gasteiger partial charge in [-0.3, -0.25) is 9.59 Å². The number of fused-ring (bicyclic) bond motifs is 2. The van der Waals surface area contributed by atoms with Crippen molar-refractivity contribution in [2.24, 2.45) is 23.7 Å². The van der Waals surface area contributed by atoms with Crippen LogP contribution in [0.3, 0.4) is 0 Å². The van der Waals surface area contributed by atoms with Crippen LogP contribution in [0.1, 0.15) is 19.3 Å². The molecule has 0 aromatic heterocycles. The monoisotopic (exact) mass is 357 g/mol. The third-order valence-electron chi connectivity index (χ3n) is 5.63. The highest BCUT2D eigenvalue weighted by Gasteiger charge is 2.51. The zero-order chi connectivity index (χ0) is 18.1. The summed E-state index contributed by atoms with van der Waals surface area (Å²) < 4.78 is 11.2. The van der Waals surface area contributed by atoms with Gasteiger partial charge in [0.15, 0.2) is 0 Å². The summed E-state index contributed by atoms with van der Waals surface area (Å²) in [6, 6.07) is 7.17. The van der Waals surface area contributed by atoms with E-state index in [2.05, 4.69) is 5.32 Å². The smallest absolute Gasteiger partial charge is 0.307 e. The highest BCUT2D eigenvalue weighted by molar-refractivity contribution is 5.96. The number of benzene rings is 1. The van der Waals surface area contributed by atoms with E-state index in [0.717, 1.165) is 31.6 Å². The Morgan fingerprint density at radius 1 is 1.15 bits per heavy atom. The Labute approximate surface area is 152 Å². The van der Waals surface area contributed by atoms with Crippen LogP contribution in [0.4, 0.5) is 5.69 Å². The summed E-state index contributed by atoms with van der Waals surface area (Å²) in [5.41, 5.74) is 0.648. The maximum atomic E-state index is 12.6. The highest BCUT2D eigenvalue weighted by Crippen LogP contribution is 2.48. The molecular weight excluding hydrogens is 334 g/mol. The number of ether oxygens (including phenoxy) is 2. The van der Waals surface area contributed by atoms with Crippen molar-refractivity contribution >= 4 is 17.6 Å². The van der Waals surface area contributed by atoms with E-state index < -0.39 is 17.8 Å². The predicted molar refractivity (Wildman–Crippen MR) is 94.9 cm³/mol. The van der Waals surface area contributed by atoms with E-state index in [4.69, 9.17) is 9.47 Å². The fourth-order valence-corrected chi connectivity index (χ4v) is 4.34. The number of allylic oxidation sites excluding steroid dienone is 2. The molecule has 0 spiro atoms. The Bertz CT molecular complexity index is 707. The van der Waals surface area contributed by atoms with Crippen molar-refractivity contribution in [3.05, 3.63) is 36.4 Å². The van der Waals surface area contributed by atoms with Gasteiger partial charge in [0.2, 0.25) is 5.91 Å². The van der Waals surface area contributed by atoms with Gasteiger partial charge >= 0.3 is 5.97 Å². The summed E-state index contributed by atoms with van der Waals surface area (Å²) in [6.07, 6.45) is 6.94. The lowest BCUT2D eigenvalue weighted by atomic mass is 9.82. The number of carbonyl (C=O) groups excluding carboxylic acids is 1. The standard InChI is InChI=1S/C20H23NO5/c22-19(17-12-3-4-13(10-12)18(17)20(23)24)21-14-5-7-15(8-6-14)26-11-16-2-1-9-25-16/h3-8,12-13,16-18H,1-2,9-11H2,(H,21,22)(H,23,24)/t12-,13-,16+,17-,18+/m0/s1. The Kier molecular flexibility index (Phi) is 4.68. The first-order valence-corrected chi connectivity index (χ1v) is 9.18. The highest BCUT2D eigenvalue weighted by atomic mass is 16.5. The van der Waals surface area contributed by atoms with Gasteiger partial charge in [0.1, 0.15) is 12.4 Å². The first kappa shape index (κ1) is 17.1. The second-order valence-electron chi connectivity index (χ2n) is 7.30. The first-order valence-electron chi connectivity index (χ1n) is 9.18. The molecular formula is C20H23NO5. The van der Waals surface area contributed by atoms with Gasteiger partial charge in [0.25, 0.3) is 0 Å². The lowest BCUT2D eigenvalue weighted by Gasteiger charge is -2.23. The largest absolute Gasteiger partial charge is 0.491 e. The molecule has 2 N–H and O–H groups in total. The van der Waals surface area contributed by atoms with Crippen molar-refractivity contribution in [1.82, 2.24) is 0 Å². The number of aliphatic carboxylic acids is 1. The molecule has 26 heavy (non-hydrogen) atoms. The van der Waals surface area contributed by atoms with Crippen LogP contribution in [0.2, 0.25) is 0 Å². The van der Waals surface area contributed by atoms with Crippen LogP contribution in [0.25, 0.3) is 0 Å². The number of rotatable bonds is 6. The van der Waals surface area contributed by atoms with Crippen molar-refractivity contribution in [1.29, 1.82) is 0 Å². The summed E-state index contributed by atoms with van der Waals surface area (Å²) in [4.78, 5) is 24.2. The van der Waals surface area contributed by atoms with Crippen LogP contribution in [0.15, 0.2) is 36.4 Å². The Hall–Kier alpha value is -2.34. The zero-order valence-corrected chi connectivity index (χ0v) is 14.5. The molecule has 4 rings (SSSR count). The van der Waals surface area contributed by atoms with E-state index in [1.807, 2.05) is 12.2 Å². The number of hydrogen-bond acceptors (Lipinski definition) is 4. The SMILES string of the molecule is O=C(Nc1ccc(OC[C@H]2CCCO2)cc1)[C@@H]1[C@H](C(=O)O)[C@H]2C=C[C@H]1C2. The van der Waals surface area contributed by atoms with Gasteiger partial charge in [0, 0.05) is 12.3 Å². The zero-order valence-electron chi connectivity index (χ0n) is 14.5. The average Bonchev–Trinajstić information content (AvgIpc) is 3.37. The number of nitrogens with one attached hydrogen (secondary N) is 1. The van der Waals surface area contributed by atoms with Crippen molar-refractivity contribution in [2.75, 3.05) is 18.5 Å². The van der Waals surface area contributed by atoms with Gasteiger partial charge in [-0.1, -0.05) is 12.2 Å². The Morgan fingerprint density at radius 3 is 2.54 bits per heavy atom. The molecule has 1 aromatic rings. The molecule has 5 atom stereocenters. The van der Waals surface area contributed by atoms with Crippen LogP contribution < -0.4 is 10.1 Å². The van der Waals surface area contributed by atoms with Gasteiger partial charge in [0.05, 0.1) is 17.9 Å². The molecule has 1 amide bonds. The molecule has 6 nitrogen and oxygen atoms in total. The molecule has 3 aliphatic rings. The van der Waals surface area contributed by atoms with Gasteiger partial charge in [-0.05, 0) is 55.4 Å². The van der Waals surface area contributed by atoms with Gasteiger partial charge in [-0.25, -0.2) is 0 Å². The summed E-state index contributed by atoms with van der Waals surface area (Å²) >= 11 is 0. The lowest BCUT2D eigenvalue weighted by molar-refractivity contribution is -0.146. The fraction of sp³-hybridized carbons (Fsp3) is 0.500. The molecule has 2 fully saturated rings. The topological polar surface area (TPSA) is 84.9 Å². The van der Waals surface area contributed by atoms with Gasteiger partial charge < -0.3 is 19.9 Å². The maximum absolute atomic E-state index is 12.6. The van der Waals surface area contributed by atoms with Crippen molar-refractivity contribution in [3.63, 3.8) is 0 Å². The Balaban J connectivity index is 1.35. The van der Waals surface area contributed by atoms with E-state index >= 15 is 0 Å². The molecule has 2 aliphatic carbocycles. The van der Waals surface area contributed by atoms with Crippen molar-refractivity contribution in [2.45, 2.75) is 25.4 Å². The number of amides is 1. The third kappa shape index (κ3) is 3.33. The molecule has 2 bridgehead atoms. The third-order valence-corrected chi connectivity index (χ3v) is 5.63. The van der Waals surface area contributed by atoms with Crippen LogP contribution in [0, 0.1) is 23.7 Å². The molecule has 0 radical (unpaired) electrons. The van der Waals surface area contributed by atoms with Crippen molar-refractivity contribution in [3.8, 4) is 5.75 Å². The normalized spacial score (nSPS) is 31.9. The average molecular weight is 357 g/mol. The summed E-state index contributed by atoms with van der Waals surface area (Å²) in [5.74, 6) is -1.51. The van der Waals surface area contributed by atoms with Crippen LogP contribution in [-0.2, 0) is 14.3 Å². The summed E-state index contributed by atoms with van der Waals surface area (Å²) in [7, 11) is 0. The van der Waals surface area contributed by atoms with Gasteiger partial charge in [-0.2, -0.15) is 0 Å². The number of anilines is 1. The fourth-order valence-electron chi connectivity index (χ4n) is 4.34. The summed E-state index contributed by atoms with van der Waals surface area (Å²) in [5, 5.41) is 12.3. The number of carbonyl (C=O) groups is 2. The second-order valence-corrected chi connectivity index (χ2v) is 7.30. The minimum atomic E-state index is -0.889. The van der Waals surface area contributed by atoms with E-state index in [0.29, 0.717) is 12.3 Å². The van der Waals surface area contributed by atoms with E-state index in [1.54, 1.807) is 24.3 Å².